The molecule has 22 heavy (non-hydrogen) atoms. The zero-order valence-corrected chi connectivity index (χ0v) is 13.1. The van der Waals surface area contributed by atoms with Crippen molar-refractivity contribution in [1.29, 1.82) is 0 Å². The van der Waals surface area contributed by atoms with Gasteiger partial charge in [0.05, 0.1) is 10.8 Å². The van der Waals surface area contributed by atoms with Crippen LogP contribution >= 0.6 is 23.4 Å². The normalized spacial score (nSPS) is 16.3. The van der Waals surface area contributed by atoms with Gasteiger partial charge in [-0.3, -0.25) is 14.5 Å². The number of para-hydroxylation sites is 1. The van der Waals surface area contributed by atoms with Gasteiger partial charge in [0, 0.05) is 22.3 Å². The number of thioether (sulfide) groups is 1. The predicted octanol–water partition coefficient (Wildman–Crippen LogP) is 4.14. The lowest BCUT2D eigenvalue weighted by atomic mass is 10.1. The zero-order chi connectivity index (χ0) is 15.5. The molecule has 0 atom stereocenters. The molecule has 3 nitrogen and oxygen atoms in total. The number of hydrogen-bond acceptors (Lipinski definition) is 3. The summed E-state index contributed by atoms with van der Waals surface area (Å²) in [6.07, 6.45) is 1.51. The van der Waals surface area contributed by atoms with Gasteiger partial charge in [-0.2, -0.15) is 0 Å². The van der Waals surface area contributed by atoms with Crippen molar-refractivity contribution >= 4 is 40.7 Å². The fourth-order valence-corrected chi connectivity index (χ4v) is 3.20. The highest BCUT2D eigenvalue weighted by molar-refractivity contribution is 8.04. The van der Waals surface area contributed by atoms with E-state index >= 15 is 0 Å². The molecule has 1 aliphatic rings. The average Bonchev–Trinajstić information content (AvgIpc) is 2.89. The zero-order valence-electron chi connectivity index (χ0n) is 11.5. The van der Waals surface area contributed by atoms with Crippen molar-refractivity contribution in [2.75, 3.05) is 10.7 Å². The van der Waals surface area contributed by atoms with Crippen molar-refractivity contribution in [2.24, 2.45) is 0 Å². The molecule has 1 amide bonds. The summed E-state index contributed by atoms with van der Waals surface area (Å²) in [7, 11) is 0. The van der Waals surface area contributed by atoms with Crippen molar-refractivity contribution in [3.63, 3.8) is 0 Å². The van der Waals surface area contributed by atoms with Crippen LogP contribution in [0.25, 0.3) is 0 Å². The lowest BCUT2D eigenvalue weighted by molar-refractivity contribution is -0.115. The quantitative estimate of drug-likeness (QED) is 0.627. The van der Waals surface area contributed by atoms with Gasteiger partial charge in [-0.05, 0) is 36.4 Å². The van der Waals surface area contributed by atoms with Crippen LogP contribution in [-0.2, 0) is 4.79 Å². The fourth-order valence-electron chi connectivity index (χ4n) is 2.15. The smallest absolute Gasteiger partial charge is 0.242 e. The minimum atomic E-state index is -0.144. The lowest BCUT2D eigenvalue weighted by Gasteiger charge is -2.16. The number of nitrogens with zero attached hydrogens (tertiary/aromatic N) is 1. The molecule has 1 fully saturated rings. The first kappa shape index (κ1) is 14.9. The van der Waals surface area contributed by atoms with Crippen molar-refractivity contribution in [2.45, 2.75) is 0 Å². The summed E-state index contributed by atoms with van der Waals surface area (Å²) in [5.74, 6) is 0.176. The van der Waals surface area contributed by atoms with Gasteiger partial charge in [0.25, 0.3) is 0 Å². The second-order valence-corrected chi connectivity index (χ2v) is 6.14. The molecular formula is C17H12ClNO2S. The van der Waals surface area contributed by atoms with Gasteiger partial charge in [0.1, 0.15) is 0 Å². The number of carbonyl (C=O) groups is 2. The third-order valence-corrected chi connectivity index (χ3v) is 4.45. The molecule has 0 aliphatic carbocycles. The molecular weight excluding hydrogens is 318 g/mol. The second kappa shape index (κ2) is 6.38. The minimum absolute atomic E-state index is 0.0219. The van der Waals surface area contributed by atoms with Gasteiger partial charge in [0.2, 0.25) is 5.91 Å². The molecule has 1 saturated heterocycles. The van der Waals surface area contributed by atoms with Gasteiger partial charge in [-0.1, -0.05) is 41.6 Å². The van der Waals surface area contributed by atoms with Gasteiger partial charge in [0.15, 0.2) is 5.78 Å². The Hall–Kier alpha value is -2.04. The molecule has 3 rings (SSSR count). The van der Waals surface area contributed by atoms with Crippen LogP contribution in [0.1, 0.15) is 10.4 Å². The van der Waals surface area contributed by atoms with E-state index in [9.17, 15) is 9.59 Å². The van der Waals surface area contributed by atoms with E-state index in [1.54, 1.807) is 29.2 Å². The lowest BCUT2D eigenvalue weighted by Crippen LogP contribution is -2.24. The minimum Gasteiger partial charge on any atom is -0.289 e. The van der Waals surface area contributed by atoms with Crippen LogP contribution in [0.4, 0.5) is 5.69 Å². The summed E-state index contributed by atoms with van der Waals surface area (Å²) in [5, 5.41) is 1.23. The van der Waals surface area contributed by atoms with E-state index < -0.39 is 0 Å². The van der Waals surface area contributed by atoms with Crippen LogP contribution in [0.15, 0.2) is 65.7 Å². The largest absolute Gasteiger partial charge is 0.289 e. The first-order chi connectivity index (χ1) is 10.6. The van der Waals surface area contributed by atoms with Crippen LogP contribution in [0.2, 0.25) is 5.02 Å². The summed E-state index contributed by atoms with van der Waals surface area (Å²) in [4.78, 5) is 26.0. The van der Waals surface area contributed by atoms with Crippen LogP contribution in [0.3, 0.4) is 0 Å². The summed E-state index contributed by atoms with van der Waals surface area (Å²) in [6, 6.07) is 16.0. The maximum atomic E-state index is 12.3. The highest BCUT2D eigenvalue weighted by atomic mass is 35.5. The summed E-state index contributed by atoms with van der Waals surface area (Å²) >= 11 is 7.20. The molecule has 0 radical (unpaired) electrons. The maximum absolute atomic E-state index is 12.3. The monoisotopic (exact) mass is 329 g/mol. The Bertz CT molecular complexity index is 741. The molecule has 0 unspecified atom stereocenters. The number of benzene rings is 2. The van der Waals surface area contributed by atoms with Crippen molar-refractivity contribution < 1.29 is 9.59 Å². The van der Waals surface area contributed by atoms with E-state index in [0.29, 0.717) is 21.4 Å². The van der Waals surface area contributed by atoms with E-state index in [-0.39, 0.29) is 11.7 Å². The van der Waals surface area contributed by atoms with Crippen LogP contribution in [0.5, 0.6) is 0 Å². The number of hydrogen-bond donors (Lipinski definition) is 0. The highest BCUT2D eigenvalue weighted by Gasteiger charge is 2.28. The summed E-state index contributed by atoms with van der Waals surface area (Å²) in [5.41, 5.74) is 1.32. The number of ketones is 1. The SMILES string of the molecule is O=C(C=C1SCC(=O)N1c1ccccc1)c1ccc(Cl)cc1. The molecule has 5 heteroatoms. The van der Waals surface area contributed by atoms with Gasteiger partial charge in [-0.25, -0.2) is 0 Å². The number of carbonyl (C=O) groups excluding carboxylic acids is 2. The molecule has 0 bridgehead atoms. The van der Waals surface area contributed by atoms with Crippen LogP contribution in [-0.4, -0.2) is 17.4 Å². The van der Waals surface area contributed by atoms with Crippen LogP contribution < -0.4 is 4.90 Å². The van der Waals surface area contributed by atoms with Gasteiger partial charge >= 0.3 is 0 Å². The molecule has 2 aromatic rings. The van der Waals surface area contributed by atoms with Crippen LogP contribution in [0, 0.1) is 0 Å². The Morgan fingerprint density at radius 2 is 1.77 bits per heavy atom. The Labute approximate surface area is 137 Å². The Balaban J connectivity index is 1.90. The van der Waals surface area contributed by atoms with E-state index in [4.69, 9.17) is 11.6 Å². The standard InChI is InChI=1S/C17H12ClNO2S/c18-13-8-6-12(7-9-13)15(20)10-17-19(16(21)11-22-17)14-4-2-1-3-5-14/h1-10H,11H2. The molecule has 2 aromatic carbocycles. The second-order valence-electron chi connectivity index (χ2n) is 4.71. The summed E-state index contributed by atoms with van der Waals surface area (Å²) in [6.45, 7) is 0. The summed E-state index contributed by atoms with van der Waals surface area (Å²) < 4.78 is 0. The average molecular weight is 330 g/mol. The Morgan fingerprint density at radius 1 is 1.09 bits per heavy atom. The third kappa shape index (κ3) is 3.08. The number of halogens is 1. The van der Waals surface area contributed by atoms with E-state index in [0.717, 1.165) is 5.69 Å². The fraction of sp³-hybridized carbons (Fsp3) is 0.0588. The van der Waals surface area contributed by atoms with Crippen molar-refractivity contribution in [1.82, 2.24) is 0 Å². The molecule has 0 N–H and O–H groups in total. The first-order valence-corrected chi connectivity index (χ1v) is 8.04. The molecule has 1 aliphatic heterocycles. The number of rotatable bonds is 3. The topological polar surface area (TPSA) is 37.4 Å². The molecule has 110 valence electrons. The number of allylic oxidation sites excluding steroid dienone is 1. The van der Waals surface area contributed by atoms with E-state index in [2.05, 4.69) is 0 Å². The van der Waals surface area contributed by atoms with Gasteiger partial charge in [-0.15, -0.1) is 0 Å². The molecule has 0 saturated carbocycles. The van der Waals surface area contributed by atoms with Gasteiger partial charge < -0.3 is 0 Å². The number of anilines is 1. The molecule has 1 heterocycles. The van der Waals surface area contributed by atoms with E-state index in [1.807, 2.05) is 30.3 Å². The third-order valence-electron chi connectivity index (χ3n) is 3.21. The highest BCUT2D eigenvalue weighted by Crippen LogP contribution is 2.33. The van der Waals surface area contributed by atoms with Crippen molar-refractivity contribution in [3.8, 4) is 0 Å². The maximum Gasteiger partial charge on any atom is 0.242 e. The Kier molecular flexibility index (Phi) is 4.32. The first-order valence-electron chi connectivity index (χ1n) is 6.67. The van der Waals surface area contributed by atoms with Crippen molar-refractivity contribution in [3.05, 3.63) is 76.3 Å². The number of amides is 1. The molecule has 0 aromatic heterocycles. The van der Waals surface area contributed by atoms with E-state index in [1.165, 1.54) is 17.8 Å². The predicted molar refractivity (Wildman–Crippen MR) is 90.3 cm³/mol. The Morgan fingerprint density at radius 3 is 2.45 bits per heavy atom. The molecule has 0 spiro atoms.